The average molecular weight is 437 g/mol. The second-order valence-corrected chi connectivity index (χ2v) is 7.58. The monoisotopic (exact) mass is 437 g/mol. The molecule has 1 N–H and O–H groups in total. The lowest BCUT2D eigenvalue weighted by Crippen LogP contribution is -2.27. The minimum atomic E-state index is -2.97. The smallest absolute Gasteiger partial charge is 0.387 e. The average Bonchev–Trinajstić information content (AvgIpc) is 3.55. The van der Waals surface area contributed by atoms with E-state index in [1.54, 1.807) is 24.3 Å². The molecule has 2 aromatic rings. The van der Waals surface area contributed by atoms with Gasteiger partial charge in [-0.25, -0.2) is 4.79 Å². The second kappa shape index (κ2) is 10.3. The van der Waals surface area contributed by atoms with Crippen molar-refractivity contribution in [3.63, 3.8) is 0 Å². The van der Waals surface area contributed by atoms with E-state index in [4.69, 9.17) is 9.47 Å². The molecule has 0 aromatic heterocycles. The van der Waals surface area contributed by atoms with Crippen molar-refractivity contribution in [2.24, 2.45) is 0 Å². The summed E-state index contributed by atoms with van der Waals surface area (Å²) in [5.74, 6) is -0.393. The zero-order valence-electron chi connectivity index (χ0n) is 16.2. The molecule has 0 radical (unpaired) electrons. The molecule has 0 heterocycles. The first kappa shape index (κ1) is 21.9. The third-order valence-corrected chi connectivity index (χ3v) is 5.30. The number of halogens is 2. The van der Waals surface area contributed by atoms with E-state index in [1.165, 1.54) is 37.1 Å². The molecule has 0 spiro atoms. The van der Waals surface area contributed by atoms with Crippen molar-refractivity contribution >= 4 is 23.6 Å². The Bertz CT molecular complexity index is 905. The highest BCUT2D eigenvalue weighted by atomic mass is 32.2. The number of rotatable bonds is 10. The van der Waals surface area contributed by atoms with Crippen molar-refractivity contribution in [1.82, 2.24) is 5.32 Å². The Morgan fingerprint density at radius 1 is 1.17 bits per heavy atom. The van der Waals surface area contributed by atoms with Gasteiger partial charge < -0.3 is 19.5 Å². The highest BCUT2D eigenvalue weighted by Crippen LogP contribution is 2.30. The molecule has 160 valence electrons. The van der Waals surface area contributed by atoms with E-state index in [2.05, 4.69) is 10.1 Å². The lowest BCUT2D eigenvalue weighted by atomic mass is 10.2. The third kappa shape index (κ3) is 6.35. The Balaban J connectivity index is 1.60. The Morgan fingerprint density at radius 3 is 2.63 bits per heavy atom. The lowest BCUT2D eigenvalue weighted by molar-refractivity contribution is -0.118. The molecule has 0 aliphatic heterocycles. The predicted molar refractivity (Wildman–Crippen MR) is 107 cm³/mol. The SMILES string of the molecule is COc1cc(COC(=O)c2ccccc2SCC(=O)NC2CC2)ccc1OC(F)F. The fourth-order valence-electron chi connectivity index (χ4n) is 2.62. The number of thioether (sulfide) groups is 1. The summed E-state index contributed by atoms with van der Waals surface area (Å²) in [5.41, 5.74) is 0.905. The summed E-state index contributed by atoms with van der Waals surface area (Å²) in [5, 5.41) is 2.90. The zero-order chi connectivity index (χ0) is 21.5. The molecule has 0 unspecified atom stereocenters. The molecule has 3 rings (SSSR count). The highest BCUT2D eigenvalue weighted by Gasteiger charge is 2.23. The van der Waals surface area contributed by atoms with Crippen molar-refractivity contribution < 1.29 is 32.6 Å². The summed E-state index contributed by atoms with van der Waals surface area (Å²) < 4.78 is 39.6. The number of methoxy groups -OCH3 is 1. The van der Waals surface area contributed by atoms with Gasteiger partial charge in [0.25, 0.3) is 0 Å². The maximum atomic E-state index is 12.5. The van der Waals surface area contributed by atoms with Crippen LogP contribution in [-0.4, -0.2) is 37.4 Å². The van der Waals surface area contributed by atoms with Crippen LogP contribution in [-0.2, 0) is 16.1 Å². The molecule has 1 fully saturated rings. The van der Waals surface area contributed by atoms with E-state index in [-0.39, 0.29) is 35.8 Å². The van der Waals surface area contributed by atoms with Crippen LogP contribution < -0.4 is 14.8 Å². The third-order valence-electron chi connectivity index (χ3n) is 4.22. The summed E-state index contributed by atoms with van der Waals surface area (Å²) in [6, 6.07) is 11.5. The van der Waals surface area contributed by atoms with Crippen LogP contribution in [0.15, 0.2) is 47.4 Å². The van der Waals surface area contributed by atoms with Crippen LogP contribution in [0.3, 0.4) is 0 Å². The van der Waals surface area contributed by atoms with Gasteiger partial charge in [-0.3, -0.25) is 4.79 Å². The van der Waals surface area contributed by atoms with Gasteiger partial charge in [-0.2, -0.15) is 8.78 Å². The minimum Gasteiger partial charge on any atom is -0.493 e. The largest absolute Gasteiger partial charge is 0.493 e. The fraction of sp³-hybridized carbons (Fsp3) is 0.333. The standard InChI is InChI=1S/C21H21F2NO5S/c1-27-17-10-13(6-9-16(17)29-21(22)23)11-28-20(26)15-4-2-3-5-18(15)30-12-19(25)24-14-7-8-14/h2-6,9-10,14,21H,7-8,11-12H2,1H3,(H,24,25). The van der Waals surface area contributed by atoms with Gasteiger partial charge >= 0.3 is 12.6 Å². The number of carbonyl (C=O) groups is 2. The topological polar surface area (TPSA) is 73.9 Å². The summed E-state index contributed by atoms with van der Waals surface area (Å²) in [6.45, 7) is -3.05. The maximum absolute atomic E-state index is 12.5. The summed E-state index contributed by atoms with van der Waals surface area (Å²) in [6.07, 6.45) is 2.03. The lowest BCUT2D eigenvalue weighted by Gasteiger charge is -2.12. The zero-order valence-corrected chi connectivity index (χ0v) is 17.0. The number of benzene rings is 2. The molecule has 0 saturated heterocycles. The number of hydrogen-bond acceptors (Lipinski definition) is 6. The van der Waals surface area contributed by atoms with Crippen LogP contribution >= 0.6 is 11.8 Å². The van der Waals surface area contributed by atoms with Crippen LogP contribution in [0.1, 0.15) is 28.8 Å². The van der Waals surface area contributed by atoms with Gasteiger partial charge in [0.2, 0.25) is 5.91 Å². The van der Waals surface area contributed by atoms with Gasteiger partial charge in [0.05, 0.1) is 18.4 Å². The van der Waals surface area contributed by atoms with Crippen LogP contribution in [0.2, 0.25) is 0 Å². The van der Waals surface area contributed by atoms with E-state index in [0.29, 0.717) is 16.0 Å². The molecule has 1 aliphatic rings. The molecule has 0 bridgehead atoms. The van der Waals surface area contributed by atoms with Crippen molar-refractivity contribution in [2.45, 2.75) is 37.0 Å². The Labute approximate surface area is 176 Å². The van der Waals surface area contributed by atoms with E-state index in [1.807, 2.05) is 0 Å². The maximum Gasteiger partial charge on any atom is 0.387 e. The number of hydrogen-bond donors (Lipinski definition) is 1. The number of ether oxygens (including phenoxy) is 3. The molecular weight excluding hydrogens is 416 g/mol. The molecule has 1 saturated carbocycles. The van der Waals surface area contributed by atoms with Gasteiger partial charge in [-0.15, -0.1) is 11.8 Å². The van der Waals surface area contributed by atoms with Crippen molar-refractivity contribution in [1.29, 1.82) is 0 Å². The number of alkyl halides is 2. The van der Waals surface area contributed by atoms with E-state index < -0.39 is 12.6 Å². The molecule has 6 nitrogen and oxygen atoms in total. The van der Waals surface area contributed by atoms with Crippen LogP contribution in [0, 0.1) is 0 Å². The Kier molecular flexibility index (Phi) is 7.51. The Hall–Kier alpha value is -2.81. The summed E-state index contributed by atoms with van der Waals surface area (Å²) in [7, 11) is 1.33. The molecule has 0 atom stereocenters. The number of nitrogens with one attached hydrogen (secondary N) is 1. The predicted octanol–water partition coefficient (Wildman–Crippen LogP) is 4.02. The number of carbonyl (C=O) groups excluding carboxylic acids is 2. The van der Waals surface area contributed by atoms with E-state index in [0.717, 1.165) is 12.8 Å². The van der Waals surface area contributed by atoms with E-state index in [9.17, 15) is 18.4 Å². The van der Waals surface area contributed by atoms with Crippen LogP contribution in [0.4, 0.5) is 8.78 Å². The highest BCUT2D eigenvalue weighted by molar-refractivity contribution is 8.00. The first-order chi connectivity index (χ1) is 14.5. The quantitative estimate of drug-likeness (QED) is 0.447. The molecule has 1 amide bonds. The van der Waals surface area contributed by atoms with Gasteiger partial charge in [0.1, 0.15) is 6.61 Å². The van der Waals surface area contributed by atoms with Gasteiger partial charge in [-0.05, 0) is 42.7 Å². The minimum absolute atomic E-state index is 0.0659. The first-order valence-corrected chi connectivity index (χ1v) is 10.2. The van der Waals surface area contributed by atoms with Crippen LogP contribution in [0.5, 0.6) is 11.5 Å². The van der Waals surface area contributed by atoms with Gasteiger partial charge in [0, 0.05) is 10.9 Å². The first-order valence-electron chi connectivity index (χ1n) is 9.26. The fourth-order valence-corrected chi connectivity index (χ4v) is 3.47. The summed E-state index contributed by atoms with van der Waals surface area (Å²) >= 11 is 1.27. The normalized spacial score (nSPS) is 13.1. The second-order valence-electron chi connectivity index (χ2n) is 6.57. The molecule has 2 aromatic carbocycles. The molecular formula is C21H21F2NO5S. The van der Waals surface area contributed by atoms with E-state index >= 15 is 0 Å². The molecule has 9 heteroatoms. The van der Waals surface area contributed by atoms with Crippen molar-refractivity contribution in [2.75, 3.05) is 12.9 Å². The van der Waals surface area contributed by atoms with Crippen molar-refractivity contribution in [3.8, 4) is 11.5 Å². The van der Waals surface area contributed by atoms with Crippen molar-refractivity contribution in [3.05, 3.63) is 53.6 Å². The summed E-state index contributed by atoms with van der Waals surface area (Å²) in [4.78, 5) is 25.1. The Morgan fingerprint density at radius 2 is 1.93 bits per heavy atom. The van der Waals surface area contributed by atoms with Crippen LogP contribution in [0.25, 0.3) is 0 Å². The van der Waals surface area contributed by atoms with Gasteiger partial charge in [0.15, 0.2) is 11.5 Å². The molecule has 1 aliphatic carbocycles. The molecule has 30 heavy (non-hydrogen) atoms. The van der Waals surface area contributed by atoms with Gasteiger partial charge in [-0.1, -0.05) is 18.2 Å². The number of amides is 1. The number of esters is 1.